The van der Waals surface area contributed by atoms with E-state index in [1.807, 2.05) is 0 Å². The summed E-state index contributed by atoms with van der Waals surface area (Å²) in [4.78, 5) is 14.5. The van der Waals surface area contributed by atoms with Crippen LogP contribution in [0.3, 0.4) is 0 Å². The predicted molar refractivity (Wildman–Crippen MR) is 72.8 cm³/mol. The highest BCUT2D eigenvalue weighted by Crippen LogP contribution is 2.34. The molecule has 1 unspecified atom stereocenters. The van der Waals surface area contributed by atoms with E-state index < -0.39 is 11.0 Å². The van der Waals surface area contributed by atoms with Gasteiger partial charge in [-0.15, -0.1) is 0 Å². The van der Waals surface area contributed by atoms with Crippen LogP contribution < -0.4 is 4.74 Å². The molecule has 0 aliphatic carbocycles. The fourth-order valence-corrected chi connectivity index (χ4v) is 1.73. The molecule has 1 N–H and O–H groups in total. The van der Waals surface area contributed by atoms with Crippen molar-refractivity contribution in [2.75, 3.05) is 0 Å². The molecule has 6 nitrogen and oxygen atoms in total. The van der Waals surface area contributed by atoms with Crippen LogP contribution in [0.1, 0.15) is 24.3 Å². The quantitative estimate of drug-likeness (QED) is 0.683. The van der Waals surface area contributed by atoms with E-state index in [2.05, 4.69) is 4.98 Å². The van der Waals surface area contributed by atoms with Gasteiger partial charge in [0.1, 0.15) is 5.75 Å². The zero-order valence-electron chi connectivity index (χ0n) is 11.1. The summed E-state index contributed by atoms with van der Waals surface area (Å²) in [5, 5.41) is 20.4. The van der Waals surface area contributed by atoms with Gasteiger partial charge in [-0.3, -0.25) is 15.1 Å². The summed E-state index contributed by atoms with van der Waals surface area (Å²) in [6, 6.07) is 7.96. The second-order valence-electron chi connectivity index (χ2n) is 4.38. The second-order valence-corrected chi connectivity index (χ2v) is 4.38. The van der Waals surface area contributed by atoms with Crippen molar-refractivity contribution in [1.29, 1.82) is 0 Å². The fraction of sp³-hybridized carbons (Fsp3) is 0.214. The maximum absolute atomic E-state index is 11.0. The molecule has 0 saturated heterocycles. The molecule has 2 rings (SSSR count). The number of ether oxygens (including phenoxy) is 1. The molecule has 0 aliphatic rings. The number of aliphatic hydroxyl groups is 1. The Bertz CT molecular complexity index is 624. The third-order valence-electron chi connectivity index (χ3n) is 2.79. The lowest BCUT2D eigenvalue weighted by Gasteiger charge is -2.09. The van der Waals surface area contributed by atoms with Crippen LogP contribution in [0.2, 0.25) is 0 Å². The molecular weight excluding hydrogens is 260 g/mol. The Balaban J connectivity index is 2.32. The van der Waals surface area contributed by atoms with Crippen molar-refractivity contribution in [3.8, 4) is 11.5 Å². The average molecular weight is 274 g/mol. The van der Waals surface area contributed by atoms with E-state index in [1.165, 1.54) is 12.3 Å². The van der Waals surface area contributed by atoms with Crippen molar-refractivity contribution in [2.45, 2.75) is 20.0 Å². The lowest BCUT2D eigenvalue weighted by Crippen LogP contribution is -1.98. The number of para-hydroxylation sites is 1. The van der Waals surface area contributed by atoms with E-state index in [-0.39, 0.29) is 11.4 Å². The second kappa shape index (κ2) is 5.66. The Labute approximate surface area is 115 Å². The first-order chi connectivity index (χ1) is 9.49. The Morgan fingerprint density at radius 2 is 2.10 bits per heavy atom. The molecule has 6 heteroatoms. The van der Waals surface area contributed by atoms with Gasteiger partial charge in [0.15, 0.2) is 0 Å². The summed E-state index contributed by atoms with van der Waals surface area (Å²) in [5.41, 5.74) is 1.08. The van der Waals surface area contributed by atoms with E-state index in [4.69, 9.17) is 4.74 Å². The zero-order valence-corrected chi connectivity index (χ0v) is 11.1. The number of nitro groups is 1. The third kappa shape index (κ3) is 2.92. The van der Waals surface area contributed by atoms with Gasteiger partial charge in [0.05, 0.1) is 22.9 Å². The Morgan fingerprint density at radius 1 is 1.35 bits per heavy atom. The largest absolute Gasteiger partial charge is 0.448 e. The number of pyridine rings is 1. The molecule has 0 fully saturated rings. The van der Waals surface area contributed by atoms with E-state index in [9.17, 15) is 15.2 Å². The first-order valence-electron chi connectivity index (χ1n) is 6.05. The van der Waals surface area contributed by atoms with Gasteiger partial charge in [-0.05, 0) is 31.5 Å². The van der Waals surface area contributed by atoms with Gasteiger partial charge >= 0.3 is 5.69 Å². The molecule has 2 aromatic rings. The lowest BCUT2D eigenvalue weighted by atomic mass is 10.2. The van der Waals surface area contributed by atoms with Crippen molar-refractivity contribution in [2.24, 2.45) is 0 Å². The molecule has 1 aromatic heterocycles. The molecule has 1 heterocycles. The number of nitro benzene ring substituents is 1. The SMILES string of the molecule is Cc1cccc([N+](=O)[O-])c1Oc1ccc(C(C)O)nc1. The van der Waals surface area contributed by atoms with Gasteiger partial charge in [0.25, 0.3) is 0 Å². The van der Waals surface area contributed by atoms with E-state index in [1.54, 1.807) is 38.1 Å². The van der Waals surface area contributed by atoms with Crippen molar-refractivity contribution in [3.05, 3.63) is 57.9 Å². The van der Waals surface area contributed by atoms with Gasteiger partial charge in [-0.25, -0.2) is 0 Å². The number of hydrogen-bond donors (Lipinski definition) is 1. The Kier molecular flexibility index (Phi) is 3.95. The third-order valence-corrected chi connectivity index (χ3v) is 2.79. The minimum atomic E-state index is -0.670. The number of aliphatic hydroxyl groups excluding tert-OH is 1. The minimum Gasteiger partial charge on any atom is -0.448 e. The van der Waals surface area contributed by atoms with Gasteiger partial charge in [0.2, 0.25) is 5.75 Å². The maximum atomic E-state index is 11.0. The van der Waals surface area contributed by atoms with Gasteiger partial charge in [-0.1, -0.05) is 12.1 Å². The number of hydrogen-bond acceptors (Lipinski definition) is 5. The van der Waals surface area contributed by atoms with Gasteiger partial charge in [0, 0.05) is 6.07 Å². The van der Waals surface area contributed by atoms with Crippen LogP contribution in [0.15, 0.2) is 36.5 Å². The van der Waals surface area contributed by atoms with E-state index >= 15 is 0 Å². The highest BCUT2D eigenvalue weighted by Gasteiger charge is 2.17. The van der Waals surface area contributed by atoms with Crippen LogP contribution in [-0.4, -0.2) is 15.0 Å². The molecular formula is C14H14N2O4. The number of nitrogens with zero attached hydrogens (tertiary/aromatic N) is 2. The van der Waals surface area contributed by atoms with Gasteiger partial charge < -0.3 is 9.84 Å². The zero-order chi connectivity index (χ0) is 14.7. The summed E-state index contributed by atoms with van der Waals surface area (Å²) in [6.07, 6.45) is 0.759. The fourth-order valence-electron chi connectivity index (χ4n) is 1.73. The molecule has 104 valence electrons. The molecule has 0 spiro atoms. The first-order valence-corrected chi connectivity index (χ1v) is 6.05. The Hall–Kier alpha value is -2.47. The summed E-state index contributed by atoms with van der Waals surface area (Å²) >= 11 is 0. The molecule has 0 radical (unpaired) electrons. The van der Waals surface area contributed by atoms with Crippen molar-refractivity contribution < 1.29 is 14.8 Å². The van der Waals surface area contributed by atoms with Crippen LogP contribution in [0.25, 0.3) is 0 Å². The molecule has 0 amide bonds. The van der Waals surface area contributed by atoms with E-state index in [0.717, 1.165) is 0 Å². The molecule has 1 aromatic carbocycles. The summed E-state index contributed by atoms with van der Waals surface area (Å²) in [5.74, 6) is 0.580. The standard InChI is InChI=1S/C14H14N2O4/c1-9-4-3-5-13(16(18)19)14(9)20-11-6-7-12(10(2)17)15-8-11/h3-8,10,17H,1-2H3. The molecule has 0 bridgehead atoms. The van der Waals surface area contributed by atoms with Crippen LogP contribution in [0.4, 0.5) is 5.69 Å². The van der Waals surface area contributed by atoms with Crippen molar-refractivity contribution in [1.82, 2.24) is 4.98 Å². The smallest absolute Gasteiger partial charge is 0.311 e. The number of aromatic nitrogens is 1. The minimum absolute atomic E-state index is 0.0930. The maximum Gasteiger partial charge on any atom is 0.311 e. The summed E-state index contributed by atoms with van der Waals surface area (Å²) < 4.78 is 5.55. The normalized spacial score (nSPS) is 11.9. The highest BCUT2D eigenvalue weighted by molar-refractivity contribution is 5.52. The monoisotopic (exact) mass is 274 g/mol. The van der Waals surface area contributed by atoms with E-state index in [0.29, 0.717) is 17.0 Å². The van der Waals surface area contributed by atoms with Crippen LogP contribution in [0, 0.1) is 17.0 Å². The van der Waals surface area contributed by atoms with Crippen LogP contribution in [-0.2, 0) is 0 Å². The average Bonchev–Trinajstić information content (AvgIpc) is 2.41. The van der Waals surface area contributed by atoms with Crippen LogP contribution >= 0.6 is 0 Å². The molecule has 0 saturated carbocycles. The Morgan fingerprint density at radius 3 is 2.65 bits per heavy atom. The highest BCUT2D eigenvalue weighted by atomic mass is 16.6. The summed E-state index contributed by atoms with van der Waals surface area (Å²) in [6.45, 7) is 3.34. The topological polar surface area (TPSA) is 85.5 Å². The van der Waals surface area contributed by atoms with Crippen molar-refractivity contribution >= 4 is 5.69 Å². The predicted octanol–water partition coefficient (Wildman–Crippen LogP) is 3.14. The van der Waals surface area contributed by atoms with Crippen LogP contribution in [0.5, 0.6) is 11.5 Å². The number of rotatable bonds is 4. The summed E-state index contributed by atoms with van der Waals surface area (Å²) in [7, 11) is 0. The first kappa shape index (κ1) is 14.0. The molecule has 1 atom stereocenters. The van der Waals surface area contributed by atoms with Gasteiger partial charge in [-0.2, -0.15) is 0 Å². The molecule has 20 heavy (non-hydrogen) atoms. The number of aryl methyl sites for hydroxylation is 1. The van der Waals surface area contributed by atoms with Crippen molar-refractivity contribution in [3.63, 3.8) is 0 Å². The molecule has 0 aliphatic heterocycles. The number of benzene rings is 1. The lowest BCUT2D eigenvalue weighted by molar-refractivity contribution is -0.385.